The highest BCUT2D eigenvalue weighted by Crippen LogP contribution is 2.08. The number of nitrogens with one attached hydrogen (secondary N) is 1. The van der Waals surface area contributed by atoms with Gasteiger partial charge in [0.2, 0.25) is 0 Å². The van der Waals surface area contributed by atoms with Gasteiger partial charge in [0.15, 0.2) is 0 Å². The molecule has 1 rings (SSSR count). The molecule has 78 valence electrons. The maximum absolute atomic E-state index is 9.18. The molecule has 0 radical (unpaired) electrons. The van der Waals surface area contributed by atoms with E-state index in [-0.39, 0.29) is 6.04 Å². The van der Waals surface area contributed by atoms with Gasteiger partial charge in [0.1, 0.15) is 5.82 Å². The number of hydrogen-bond donors (Lipinski definition) is 3. The number of nitrogens with two attached hydrogens (primary N) is 1. The third-order valence-electron chi connectivity index (χ3n) is 2.13. The topological polar surface area (TPSA) is 71.2 Å². The lowest BCUT2D eigenvalue weighted by Crippen LogP contribution is -2.38. The lowest BCUT2D eigenvalue weighted by molar-refractivity contribution is 0.168. The van der Waals surface area contributed by atoms with Crippen LogP contribution in [0.1, 0.15) is 12.5 Å². The highest BCUT2D eigenvalue weighted by Gasteiger charge is 2.09. The number of rotatable bonds is 4. The molecule has 4 heteroatoms. The molecule has 0 spiro atoms. The Morgan fingerprint density at radius 1 is 1.64 bits per heavy atom. The van der Waals surface area contributed by atoms with Crippen LogP contribution in [0.2, 0.25) is 0 Å². The lowest BCUT2D eigenvalue weighted by Gasteiger charge is -2.16. The number of aliphatic hydroxyl groups excluding tert-OH is 1. The SMILES string of the molecule is Cc1cccnc1NCC(N)C(C)O. The smallest absolute Gasteiger partial charge is 0.128 e. The maximum atomic E-state index is 9.18. The summed E-state index contributed by atoms with van der Waals surface area (Å²) in [5, 5.41) is 12.3. The first kappa shape index (κ1) is 10.9. The summed E-state index contributed by atoms with van der Waals surface area (Å²) in [7, 11) is 0. The van der Waals surface area contributed by atoms with E-state index in [1.165, 1.54) is 0 Å². The zero-order valence-electron chi connectivity index (χ0n) is 8.57. The van der Waals surface area contributed by atoms with E-state index in [0.29, 0.717) is 6.54 Å². The summed E-state index contributed by atoms with van der Waals surface area (Å²) in [5.74, 6) is 0.823. The van der Waals surface area contributed by atoms with Crippen molar-refractivity contribution in [2.24, 2.45) is 5.73 Å². The molecule has 14 heavy (non-hydrogen) atoms. The number of nitrogens with zero attached hydrogens (tertiary/aromatic N) is 1. The number of hydrogen-bond acceptors (Lipinski definition) is 4. The van der Waals surface area contributed by atoms with Crippen molar-refractivity contribution in [3.8, 4) is 0 Å². The summed E-state index contributed by atoms with van der Waals surface area (Å²) >= 11 is 0. The van der Waals surface area contributed by atoms with Gasteiger partial charge >= 0.3 is 0 Å². The Labute approximate surface area is 84.2 Å². The molecule has 0 aliphatic carbocycles. The molecule has 0 aromatic carbocycles. The Kier molecular flexibility index (Phi) is 3.85. The summed E-state index contributed by atoms with van der Waals surface area (Å²) < 4.78 is 0. The Bertz CT molecular complexity index is 288. The predicted molar refractivity (Wildman–Crippen MR) is 57.1 cm³/mol. The minimum atomic E-state index is -0.508. The van der Waals surface area contributed by atoms with E-state index in [1.807, 2.05) is 19.1 Å². The van der Waals surface area contributed by atoms with Gasteiger partial charge in [-0.25, -0.2) is 4.98 Å². The molecule has 1 aromatic rings. The van der Waals surface area contributed by atoms with Gasteiger partial charge in [-0.05, 0) is 25.5 Å². The van der Waals surface area contributed by atoms with Crippen molar-refractivity contribution >= 4 is 5.82 Å². The van der Waals surface area contributed by atoms with Crippen molar-refractivity contribution in [3.05, 3.63) is 23.9 Å². The summed E-state index contributed by atoms with van der Waals surface area (Å²) in [5.41, 5.74) is 6.75. The number of aliphatic hydroxyl groups is 1. The van der Waals surface area contributed by atoms with Crippen LogP contribution in [0.5, 0.6) is 0 Å². The summed E-state index contributed by atoms with van der Waals surface area (Å²) in [6.07, 6.45) is 1.22. The van der Waals surface area contributed by atoms with Gasteiger partial charge < -0.3 is 16.2 Å². The van der Waals surface area contributed by atoms with Crippen LogP contribution in [0, 0.1) is 6.92 Å². The molecule has 0 saturated carbocycles. The Hall–Kier alpha value is -1.13. The first-order valence-corrected chi connectivity index (χ1v) is 4.70. The summed E-state index contributed by atoms with van der Waals surface area (Å²) in [6.45, 7) is 4.18. The Morgan fingerprint density at radius 3 is 2.93 bits per heavy atom. The van der Waals surface area contributed by atoms with Gasteiger partial charge in [-0.1, -0.05) is 6.07 Å². The Morgan fingerprint density at radius 2 is 2.36 bits per heavy atom. The third kappa shape index (κ3) is 2.97. The van der Waals surface area contributed by atoms with Crippen molar-refractivity contribution in [2.45, 2.75) is 26.0 Å². The Balaban J connectivity index is 2.50. The van der Waals surface area contributed by atoms with E-state index in [4.69, 9.17) is 5.73 Å². The molecular formula is C10H17N3O. The molecular weight excluding hydrogens is 178 g/mol. The van der Waals surface area contributed by atoms with Crippen LogP contribution in [0.25, 0.3) is 0 Å². The van der Waals surface area contributed by atoms with Crippen LogP contribution >= 0.6 is 0 Å². The predicted octanol–water partition coefficient (Wildman–Crippen LogP) is 0.510. The first-order valence-electron chi connectivity index (χ1n) is 4.70. The second-order valence-electron chi connectivity index (χ2n) is 3.45. The zero-order valence-corrected chi connectivity index (χ0v) is 8.57. The molecule has 4 N–H and O–H groups in total. The average Bonchev–Trinajstić information content (AvgIpc) is 2.16. The average molecular weight is 195 g/mol. The fourth-order valence-corrected chi connectivity index (χ4v) is 1.06. The van der Waals surface area contributed by atoms with Gasteiger partial charge in [-0.15, -0.1) is 0 Å². The molecule has 0 bridgehead atoms. The molecule has 0 aliphatic heterocycles. The fourth-order valence-electron chi connectivity index (χ4n) is 1.06. The quantitative estimate of drug-likeness (QED) is 0.654. The maximum Gasteiger partial charge on any atom is 0.128 e. The highest BCUT2D eigenvalue weighted by molar-refractivity contribution is 5.42. The molecule has 1 heterocycles. The van der Waals surface area contributed by atoms with Crippen LogP contribution in [-0.2, 0) is 0 Å². The minimum absolute atomic E-state index is 0.267. The van der Waals surface area contributed by atoms with Gasteiger partial charge in [0, 0.05) is 18.8 Å². The summed E-state index contributed by atoms with van der Waals surface area (Å²) in [6, 6.07) is 3.59. The van der Waals surface area contributed by atoms with E-state index < -0.39 is 6.10 Å². The number of aromatic nitrogens is 1. The highest BCUT2D eigenvalue weighted by atomic mass is 16.3. The molecule has 0 amide bonds. The standard InChI is InChI=1S/C10H17N3O/c1-7-4-3-5-12-10(7)13-6-9(11)8(2)14/h3-5,8-9,14H,6,11H2,1-2H3,(H,12,13). The van der Waals surface area contributed by atoms with Crippen LogP contribution < -0.4 is 11.1 Å². The second kappa shape index (κ2) is 4.93. The normalized spacial score (nSPS) is 14.9. The van der Waals surface area contributed by atoms with Crippen LogP contribution in [0.3, 0.4) is 0 Å². The lowest BCUT2D eigenvalue weighted by atomic mass is 10.2. The minimum Gasteiger partial charge on any atom is -0.392 e. The van der Waals surface area contributed by atoms with Crippen molar-refractivity contribution in [1.82, 2.24) is 4.98 Å². The van der Waals surface area contributed by atoms with Crippen LogP contribution in [0.4, 0.5) is 5.82 Å². The monoisotopic (exact) mass is 195 g/mol. The van der Waals surface area contributed by atoms with E-state index in [2.05, 4.69) is 10.3 Å². The molecule has 1 aromatic heterocycles. The van der Waals surface area contributed by atoms with E-state index >= 15 is 0 Å². The molecule has 4 nitrogen and oxygen atoms in total. The van der Waals surface area contributed by atoms with Gasteiger partial charge in [0.25, 0.3) is 0 Å². The number of anilines is 1. The van der Waals surface area contributed by atoms with Crippen molar-refractivity contribution in [3.63, 3.8) is 0 Å². The zero-order chi connectivity index (χ0) is 10.6. The molecule has 2 unspecified atom stereocenters. The number of pyridine rings is 1. The van der Waals surface area contributed by atoms with Gasteiger partial charge in [-0.3, -0.25) is 0 Å². The largest absolute Gasteiger partial charge is 0.392 e. The van der Waals surface area contributed by atoms with E-state index in [9.17, 15) is 5.11 Å². The van der Waals surface area contributed by atoms with Gasteiger partial charge in [0.05, 0.1) is 6.10 Å². The molecule has 0 fully saturated rings. The fraction of sp³-hybridized carbons (Fsp3) is 0.500. The van der Waals surface area contributed by atoms with Crippen LogP contribution in [0.15, 0.2) is 18.3 Å². The van der Waals surface area contributed by atoms with Gasteiger partial charge in [-0.2, -0.15) is 0 Å². The third-order valence-corrected chi connectivity index (χ3v) is 2.13. The van der Waals surface area contributed by atoms with Crippen molar-refractivity contribution in [1.29, 1.82) is 0 Å². The number of aryl methyl sites for hydroxylation is 1. The second-order valence-corrected chi connectivity index (χ2v) is 3.45. The molecule has 0 aliphatic rings. The van der Waals surface area contributed by atoms with E-state index in [0.717, 1.165) is 11.4 Å². The molecule has 0 saturated heterocycles. The van der Waals surface area contributed by atoms with Crippen molar-refractivity contribution < 1.29 is 5.11 Å². The van der Waals surface area contributed by atoms with E-state index in [1.54, 1.807) is 13.1 Å². The first-order chi connectivity index (χ1) is 6.61. The van der Waals surface area contributed by atoms with Crippen LogP contribution in [-0.4, -0.2) is 28.8 Å². The van der Waals surface area contributed by atoms with Crippen molar-refractivity contribution in [2.75, 3.05) is 11.9 Å². The molecule has 2 atom stereocenters. The summed E-state index contributed by atoms with van der Waals surface area (Å²) in [4.78, 5) is 4.16.